The molecule has 0 amide bonds. The molecule has 0 aliphatic carbocycles. The standard InChI is InChI=1S/C11H9NO2/c13-11-3-1-10(2-4-11)12-7-9-5-6-14-8-9/h1-8,13H. The van der Waals surface area contributed by atoms with E-state index in [0.29, 0.717) is 0 Å². The molecule has 0 fully saturated rings. The van der Waals surface area contributed by atoms with Crippen LogP contribution in [-0.4, -0.2) is 11.3 Å². The number of phenols is 1. The van der Waals surface area contributed by atoms with Gasteiger partial charge in [0, 0.05) is 11.8 Å². The fourth-order valence-corrected chi connectivity index (χ4v) is 1.04. The molecule has 1 aromatic heterocycles. The Morgan fingerprint density at radius 3 is 2.57 bits per heavy atom. The molecule has 70 valence electrons. The van der Waals surface area contributed by atoms with E-state index in [9.17, 15) is 0 Å². The van der Waals surface area contributed by atoms with Crippen LogP contribution in [0.2, 0.25) is 0 Å². The second-order valence-electron chi connectivity index (χ2n) is 2.83. The van der Waals surface area contributed by atoms with E-state index >= 15 is 0 Å². The van der Waals surface area contributed by atoms with Crippen molar-refractivity contribution in [3.63, 3.8) is 0 Å². The van der Waals surface area contributed by atoms with Crippen LogP contribution in [0.5, 0.6) is 5.75 Å². The predicted molar refractivity (Wildman–Crippen MR) is 54.1 cm³/mol. The van der Waals surface area contributed by atoms with E-state index < -0.39 is 0 Å². The van der Waals surface area contributed by atoms with Gasteiger partial charge in [0.15, 0.2) is 0 Å². The maximum absolute atomic E-state index is 9.04. The van der Waals surface area contributed by atoms with Gasteiger partial charge < -0.3 is 9.52 Å². The van der Waals surface area contributed by atoms with E-state index in [4.69, 9.17) is 9.52 Å². The number of hydrogen-bond acceptors (Lipinski definition) is 3. The van der Waals surface area contributed by atoms with Crippen molar-refractivity contribution in [1.82, 2.24) is 0 Å². The highest BCUT2D eigenvalue weighted by molar-refractivity contribution is 5.81. The van der Waals surface area contributed by atoms with Gasteiger partial charge in [0.05, 0.1) is 18.2 Å². The van der Waals surface area contributed by atoms with Crippen molar-refractivity contribution in [3.05, 3.63) is 48.4 Å². The normalized spacial score (nSPS) is 10.9. The highest BCUT2D eigenvalue weighted by Gasteiger charge is 1.90. The van der Waals surface area contributed by atoms with Crippen LogP contribution in [-0.2, 0) is 0 Å². The number of aromatic hydroxyl groups is 1. The van der Waals surface area contributed by atoms with Gasteiger partial charge in [0.2, 0.25) is 0 Å². The van der Waals surface area contributed by atoms with E-state index in [1.807, 2.05) is 6.07 Å². The van der Waals surface area contributed by atoms with Crippen molar-refractivity contribution >= 4 is 11.9 Å². The Balaban J connectivity index is 2.15. The number of phenolic OH excluding ortho intramolecular Hbond substituents is 1. The predicted octanol–water partition coefficient (Wildman–Crippen LogP) is 2.74. The van der Waals surface area contributed by atoms with Gasteiger partial charge in [-0.1, -0.05) is 0 Å². The average Bonchev–Trinajstić information content (AvgIpc) is 2.70. The van der Waals surface area contributed by atoms with Gasteiger partial charge in [0.25, 0.3) is 0 Å². The maximum Gasteiger partial charge on any atom is 0.115 e. The summed E-state index contributed by atoms with van der Waals surface area (Å²) < 4.78 is 4.89. The molecule has 3 nitrogen and oxygen atoms in total. The molecule has 0 atom stereocenters. The van der Waals surface area contributed by atoms with Gasteiger partial charge in [-0.2, -0.15) is 0 Å². The minimum absolute atomic E-state index is 0.243. The smallest absolute Gasteiger partial charge is 0.115 e. The molecule has 1 N–H and O–H groups in total. The van der Waals surface area contributed by atoms with Crippen LogP contribution in [0.4, 0.5) is 5.69 Å². The van der Waals surface area contributed by atoms with Crippen molar-refractivity contribution in [3.8, 4) is 5.75 Å². The van der Waals surface area contributed by atoms with Gasteiger partial charge in [-0.3, -0.25) is 4.99 Å². The van der Waals surface area contributed by atoms with Crippen LogP contribution >= 0.6 is 0 Å². The number of furan rings is 1. The lowest BCUT2D eigenvalue weighted by Crippen LogP contribution is -1.73. The Kier molecular flexibility index (Phi) is 2.32. The Morgan fingerprint density at radius 1 is 1.14 bits per heavy atom. The second kappa shape index (κ2) is 3.79. The molecule has 3 heteroatoms. The third-order valence-corrected chi connectivity index (χ3v) is 1.76. The lowest BCUT2D eigenvalue weighted by molar-refractivity contribution is 0.475. The minimum Gasteiger partial charge on any atom is -0.508 e. The van der Waals surface area contributed by atoms with Gasteiger partial charge in [-0.05, 0) is 30.3 Å². The third-order valence-electron chi connectivity index (χ3n) is 1.76. The summed E-state index contributed by atoms with van der Waals surface area (Å²) in [5.74, 6) is 0.243. The van der Waals surface area contributed by atoms with E-state index in [1.54, 1.807) is 43.0 Å². The topological polar surface area (TPSA) is 45.7 Å². The minimum atomic E-state index is 0.243. The molecule has 0 spiro atoms. The SMILES string of the molecule is Oc1ccc(N=Cc2ccoc2)cc1. The number of nitrogens with zero attached hydrogens (tertiary/aromatic N) is 1. The quantitative estimate of drug-likeness (QED) is 0.734. The molecule has 0 bridgehead atoms. The molecule has 1 heterocycles. The summed E-state index contributed by atoms with van der Waals surface area (Å²) in [5, 5.41) is 9.04. The highest BCUT2D eigenvalue weighted by Crippen LogP contribution is 2.16. The molecule has 1 aromatic carbocycles. The van der Waals surface area contributed by atoms with Crippen LogP contribution in [0.15, 0.2) is 52.3 Å². The Morgan fingerprint density at radius 2 is 1.93 bits per heavy atom. The summed E-state index contributed by atoms with van der Waals surface area (Å²) in [4.78, 5) is 4.19. The molecule has 0 saturated carbocycles. The first-order chi connectivity index (χ1) is 6.84. The number of aliphatic imine (C=N–C) groups is 1. The Hall–Kier alpha value is -2.03. The lowest BCUT2D eigenvalue weighted by atomic mass is 10.3. The molecule has 2 aromatic rings. The average molecular weight is 187 g/mol. The molecular formula is C11H9NO2. The number of benzene rings is 1. The molecular weight excluding hydrogens is 178 g/mol. The van der Waals surface area contributed by atoms with Crippen molar-refractivity contribution in [1.29, 1.82) is 0 Å². The van der Waals surface area contributed by atoms with Crippen molar-refractivity contribution < 1.29 is 9.52 Å². The molecule has 0 aliphatic heterocycles. The van der Waals surface area contributed by atoms with Gasteiger partial charge in [-0.15, -0.1) is 0 Å². The monoisotopic (exact) mass is 187 g/mol. The Bertz CT molecular complexity index is 415. The fourth-order valence-electron chi connectivity index (χ4n) is 1.04. The molecule has 0 unspecified atom stereocenters. The van der Waals surface area contributed by atoms with E-state index in [0.717, 1.165) is 11.3 Å². The largest absolute Gasteiger partial charge is 0.508 e. The molecule has 0 aliphatic rings. The fraction of sp³-hybridized carbons (Fsp3) is 0. The van der Waals surface area contributed by atoms with Gasteiger partial charge in [0.1, 0.15) is 5.75 Å². The summed E-state index contributed by atoms with van der Waals surface area (Å²) in [6.45, 7) is 0. The first-order valence-electron chi connectivity index (χ1n) is 4.20. The van der Waals surface area contributed by atoms with Crippen molar-refractivity contribution in [2.45, 2.75) is 0 Å². The van der Waals surface area contributed by atoms with Crippen LogP contribution in [0.3, 0.4) is 0 Å². The summed E-state index contributed by atoms with van der Waals surface area (Å²) in [6.07, 6.45) is 4.91. The summed E-state index contributed by atoms with van der Waals surface area (Å²) >= 11 is 0. The maximum atomic E-state index is 9.04. The molecule has 14 heavy (non-hydrogen) atoms. The Labute approximate surface area is 81.3 Å². The zero-order chi connectivity index (χ0) is 9.80. The zero-order valence-electron chi connectivity index (χ0n) is 7.42. The van der Waals surface area contributed by atoms with Crippen LogP contribution in [0.1, 0.15) is 5.56 Å². The van der Waals surface area contributed by atoms with E-state index in [1.165, 1.54) is 0 Å². The summed E-state index contributed by atoms with van der Waals surface area (Å²) in [5.41, 5.74) is 1.71. The summed E-state index contributed by atoms with van der Waals surface area (Å²) in [6, 6.07) is 8.51. The van der Waals surface area contributed by atoms with E-state index in [-0.39, 0.29) is 5.75 Å². The first kappa shape index (κ1) is 8.56. The lowest BCUT2D eigenvalue weighted by Gasteiger charge is -1.92. The molecule has 0 saturated heterocycles. The third kappa shape index (κ3) is 2.01. The first-order valence-corrected chi connectivity index (χ1v) is 4.20. The van der Waals surface area contributed by atoms with Crippen LogP contribution in [0.25, 0.3) is 0 Å². The molecule has 0 radical (unpaired) electrons. The van der Waals surface area contributed by atoms with E-state index in [2.05, 4.69) is 4.99 Å². The van der Waals surface area contributed by atoms with Crippen molar-refractivity contribution in [2.24, 2.45) is 4.99 Å². The number of hydrogen-bond donors (Lipinski definition) is 1. The summed E-state index contributed by atoms with van der Waals surface area (Å²) in [7, 11) is 0. The van der Waals surface area contributed by atoms with Crippen molar-refractivity contribution in [2.75, 3.05) is 0 Å². The van der Waals surface area contributed by atoms with Gasteiger partial charge >= 0.3 is 0 Å². The van der Waals surface area contributed by atoms with Gasteiger partial charge in [-0.25, -0.2) is 0 Å². The van der Waals surface area contributed by atoms with Crippen LogP contribution in [0, 0.1) is 0 Å². The second-order valence-corrected chi connectivity index (χ2v) is 2.83. The van der Waals surface area contributed by atoms with Crippen LogP contribution < -0.4 is 0 Å². The number of rotatable bonds is 2. The zero-order valence-corrected chi connectivity index (χ0v) is 7.42. The highest BCUT2D eigenvalue weighted by atomic mass is 16.3. The molecule has 2 rings (SSSR count).